The number of hydrogen-bond donors (Lipinski definition) is 34. The summed E-state index contributed by atoms with van der Waals surface area (Å²) in [4.78, 5) is 242. The zero-order valence-corrected chi connectivity index (χ0v) is 80.8. The predicted molar refractivity (Wildman–Crippen MR) is 512 cm³/mol. The molecule has 40 N–H and O–H groups in total. The minimum atomic E-state index is -2.01. The lowest BCUT2D eigenvalue weighted by molar-refractivity contribution is -0.142. The summed E-state index contributed by atoms with van der Waals surface area (Å²) in [6.07, 6.45) is -6.79. The molecule has 0 aliphatic carbocycles. The van der Waals surface area contributed by atoms with E-state index in [0.717, 1.165) is 18.7 Å². The van der Waals surface area contributed by atoms with Crippen molar-refractivity contribution in [3.63, 3.8) is 0 Å². The molecule has 0 unspecified atom stereocenters. The first-order chi connectivity index (χ1) is 64.9. The number of carboxylic acid groups (broad SMARTS) is 1. The highest BCUT2D eigenvalue weighted by Crippen LogP contribution is 2.24. The Morgan fingerprint density at radius 3 is 1.16 bits per heavy atom. The van der Waals surface area contributed by atoms with E-state index >= 15 is 0 Å². The van der Waals surface area contributed by atoms with E-state index in [4.69, 9.17) is 56.7 Å². The molecule has 774 valence electrons. The first-order valence-electron chi connectivity index (χ1n) is 45.6. The molecule has 0 bridgehead atoms. The first-order valence-corrected chi connectivity index (χ1v) is 46.7. The molecular formula is C86H145N27O23S2. The average molecular weight is 1990 g/mol. The van der Waals surface area contributed by atoms with Crippen LogP contribution in [-0.2, 0) is 94.3 Å². The number of carbonyl (C=O) groups is 17. The quantitative estimate of drug-likeness (QED) is 0.0127. The molecule has 0 aromatic heterocycles. The number of guanidine groups is 2. The number of aromatic hydroxyl groups is 2. The molecule has 0 spiro atoms. The maximum Gasteiger partial charge on any atom is 0.326 e. The van der Waals surface area contributed by atoms with E-state index in [0.29, 0.717) is 12.0 Å². The van der Waals surface area contributed by atoms with Gasteiger partial charge in [-0.1, -0.05) is 58.4 Å². The number of likely N-dealkylation sites (tertiary alicyclic amines) is 1. The number of phenolic OH excluding ortho intramolecular Hbond substituents is 2. The zero-order valence-electron chi connectivity index (χ0n) is 79.0. The highest BCUT2D eigenvalue weighted by atomic mass is 32.1. The predicted octanol–water partition coefficient (Wildman–Crippen LogP) is -9.50. The van der Waals surface area contributed by atoms with Gasteiger partial charge in [0.2, 0.25) is 94.5 Å². The molecule has 1 saturated heterocycles. The third kappa shape index (κ3) is 41.7. The molecule has 1 aliphatic heterocycles. The highest BCUT2D eigenvalue weighted by molar-refractivity contribution is 7.81. The molecule has 20 atom stereocenters. The van der Waals surface area contributed by atoms with Crippen LogP contribution in [0.5, 0.6) is 11.5 Å². The summed E-state index contributed by atoms with van der Waals surface area (Å²) in [7, 11) is 0. The van der Waals surface area contributed by atoms with Gasteiger partial charge in [0, 0.05) is 49.4 Å². The Hall–Kier alpha value is -12.0. The van der Waals surface area contributed by atoms with E-state index in [-0.39, 0.29) is 152 Å². The third-order valence-corrected chi connectivity index (χ3v) is 23.1. The summed E-state index contributed by atoms with van der Waals surface area (Å²) < 4.78 is -1.65. The summed E-state index contributed by atoms with van der Waals surface area (Å²) in [6.45, 7) is 11.0. The van der Waals surface area contributed by atoms with Gasteiger partial charge in [-0.05, 0) is 178 Å². The zero-order chi connectivity index (χ0) is 104. The number of carbonyl (C=O) groups excluding carboxylic acids is 16. The number of primary amides is 1. The van der Waals surface area contributed by atoms with Crippen molar-refractivity contribution >= 4 is 138 Å². The third-order valence-electron chi connectivity index (χ3n) is 22.5. The number of thiol groups is 2. The number of rotatable bonds is 63. The molecule has 2 aromatic rings. The van der Waals surface area contributed by atoms with E-state index in [1.807, 2.05) is 0 Å². The normalized spacial score (nSPS) is 16.9. The van der Waals surface area contributed by atoms with Crippen LogP contribution in [0, 0.1) is 22.7 Å². The van der Waals surface area contributed by atoms with Crippen molar-refractivity contribution in [2.45, 2.75) is 284 Å². The van der Waals surface area contributed by atoms with E-state index in [9.17, 15) is 112 Å². The van der Waals surface area contributed by atoms with Crippen LogP contribution in [0.1, 0.15) is 163 Å². The van der Waals surface area contributed by atoms with Gasteiger partial charge in [-0.3, -0.25) is 87.5 Å². The lowest BCUT2D eigenvalue weighted by Crippen LogP contribution is -2.64. The van der Waals surface area contributed by atoms with Gasteiger partial charge in [0.25, 0.3) is 0 Å². The van der Waals surface area contributed by atoms with E-state index in [2.05, 4.69) is 110 Å². The van der Waals surface area contributed by atoms with Gasteiger partial charge in [-0.15, -0.1) is 0 Å². The van der Waals surface area contributed by atoms with Crippen molar-refractivity contribution in [3.05, 3.63) is 59.7 Å². The minimum Gasteiger partial charge on any atom is -0.508 e. The first kappa shape index (κ1) is 120. The number of β-amino-alcohol motifs (C(OH)–C–C–N with tert-alkyl or cyclic N) is 1. The molecule has 138 heavy (non-hydrogen) atoms. The van der Waals surface area contributed by atoms with Gasteiger partial charge in [0.15, 0.2) is 11.9 Å². The number of phenols is 2. The standard InChI is InChI=1S/C86H145N27O23S2/c1-9-43(4)64(109-77(129)61-38-50(118)40-113(61)82(134)63(92)42(2)3)78(130)111-66(45(6)115)80(132)105-57(36-46-20-24-48(116)25-21-46)75(127)112-67(86(7,8)138)81(133)106-58(39-62(91)119)74(126)101-53(18-14-34-97-84(93)94)69(121)102-56(29-33-90)73(125)110-65(44(5)114)79(131)104-52(17-11-13-31-88)68(120)99-51(16-10-12-30-87)71(123)108-60(41-137)76(128)103-55(28-32-89)72(124)100-54(19-15-35-98-85(95)96)70(122)107-59(83(135)136)37-47-22-26-49(117)27-23-47/h20-27,42-45,50-61,63-67,114-118,137-138H,9-19,28-41,87-90,92H2,1-8H3,(H2,91,119)(H,99,120)(H,100,124)(H,101,126)(H,102,121)(H,103,128)(H,104,131)(H,105,132)(H,106,133)(H,107,122)(H,108,123)(H,109,129)(H,110,125)(H,111,130)(H,112,127)(H,135,136)(H4,93,94,97)(H4,95,96,98)/t43-,44+,45+,50+,51-,52+,53-,54-,55-,56-,57-,58-,59-,60-,61-,63-,64-,65-,66-,67+/m0/s1. The van der Waals surface area contributed by atoms with Crippen molar-refractivity contribution in [2.75, 3.05) is 51.6 Å². The van der Waals surface area contributed by atoms with Crippen molar-refractivity contribution in [3.8, 4) is 11.5 Å². The number of benzene rings is 2. The Bertz CT molecular complexity index is 4410. The van der Waals surface area contributed by atoms with Gasteiger partial charge in [0.05, 0.1) is 30.8 Å². The number of amides is 16. The number of aliphatic hydroxyl groups excluding tert-OH is 3. The van der Waals surface area contributed by atoms with Crippen molar-refractivity contribution < 1.29 is 112 Å². The van der Waals surface area contributed by atoms with Crippen LogP contribution in [-0.4, -0.2) is 319 Å². The molecule has 1 aliphatic rings. The SMILES string of the molecule is CC[C@H](C)[C@H](NC(=O)[C@@H]1C[C@@H](O)CN1C(=O)[C@@H](N)C(C)C)C(=O)N[C@H](C(=O)N[C@@H](Cc1ccc(O)cc1)C(=O)N[C@H](C(=O)N[C@@H](CC(N)=O)C(=O)N[C@@H](CCCNC(=N)N)C(=O)N[C@@H](CCN)C(=O)N[C@H](C(=O)N[C@H](CCCCN)C(=O)N[C@@H](CCCCN)C(=O)N[C@@H](CS)C(=O)N[C@@H](CCN)C(=O)N[C@@H](CCCNC(=N)N)C(=O)N[C@@H](Cc1ccc(O)cc1)C(=O)O)[C@@H](C)O)C(C)(C)S)[C@@H](C)O. The lowest BCUT2D eigenvalue weighted by atomic mass is 9.96. The molecule has 0 radical (unpaired) electrons. The van der Waals surface area contributed by atoms with E-state index in [1.54, 1.807) is 27.7 Å². The molecule has 16 amide bonds. The van der Waals surface area contributed by atoms with Crippen LogP contribution in [0.25, 0.3) is 0 Å². The molecule has 1 heterocycles. The van der Waals surface area contributed by atoms with Gasteiger partial charge < -0.3 is 166 Å². The maximum absolute atomic E-state index is 14.9. The summed E-state index contributed by atoms with van der Waals surface area (Å²) in [5.41, 5.74) is 47.0. The monoisotopic (exact) mass is 1990 g/mol. The van der Waals surface area contributed by atoms with Crippen LogP contribution < -0.4 is 131 Å². The molecular weight excluding hydrogens is 1840 g/mol. The number of carboxylic acids is 1. The van der Waals surface area contributed by atoms with Crippen LogP contribution in [0.15, 0.2) is 48.5 Å². The number of nitrogens with one attached hydrogen (secondary N) is 18. The van der Waals surface area contributed by atoms with Crippen LogP contribution >= 0.6 is 25.3 Å². The summed E-state index contributed by atoms with van der Waals surface area (Å²) in [5.74, 6) is -21.0. The van der Waals surface area contributed by atoms with Crippen LogP contribution in [0.3, 0.4) is 0 Å². The molecule has 3 rings (SSSR count). The number of nitrogens with two attached hydrogens (primary N) is 8. The van der Waals surface area contributed by atoms with Gasteiger partial charge in [-0.2, -0.15) is 25.3 Å². The van der Waals surface area contributed by atoms with Crippen LogP contribution in [0.4, 0.5) is 0 Å². The number of hydrogen-bond acceptors (Lipinski definition) is 31. The largest absolute Gasteiger partial charge is 0.508 e. The summed E-state index contributed by atoms with van der Waals surface area (Å²) in [6, 6.07) is -15.0. The Morgan fingerprint density at radius 2 is 0.790 bits per heavy atom. The summed E-state index contributed by atoms with van der Waals surface area (Å²) >= 11 is 8.89. The number of unbranched alkanes of at least 4 members (excludes halogenated alkanes) is 2. The number of aliphatic carboxylic acids is 1. The number of aliphatic hydroxyl groups is 3. The van der Waals surface area contributed by atoms with Crippen molar-refractivity contribution in [2.24, 2.45) is 57.7 Å². The van der Waals surface area contributed by atoms with Gasteiger partial charge >= 0.3 is 5.97 Å². The Kier molecular flexibility index (Phi) is 52.8. The lowest BCUT2D eigenvalue weighted by Gasteiger charge is -2.33. The molecule has 50 nitrogen and oxygen atoms in total. The summed E-state index contributed by atoms with van der Waals surface area (Å²) in [5, 5.41) is 118. The Morgan fingerprint density at radius 1 is 0.449 bits per heavy atom. The fraction of sp³-hybridized carbons (Fsp3) is 0.640. The maximum atomic E-state index is 14.9. The van der Waals surface area contributed by atoms with Crippen molar-refractivity contribution in [1.29, 1.82) is 10.8 Å². The van der Waals surface area contributed by atoms with Gasteiger partial charge in [-0.25, -0.2) is 4.79 Å². The highest BCUT2D eigenvalue weighted by Gasteiger charge is 2.46. The topological polar surface area (TPSA) is 863 Å². The smallest absolute Gasteiger partial charge is 0.326 e. The second-order valence-corrected chi connectivity index (χ2v) is 36.3. The molecule has 0 saturated carbocycles. The number of nitrogens with zero attached hydrogens (tertiary/aromatic N) is 1. The van der Waals surface area contributed by atoms with Crippen LogP contribution in [0.2, 0.25) is 0 Å². The Balaban J connectivity index is 1.96. The van der Waals surface area contributed by atoms with Gasteiger partial charge in [0.1, 0.15) is 102 Å². The Labute approximate surface area is 811 Å². The minimum absolute atomic E-state index is 0.0415. The average Bonchev–Trinajstić information content (AvgIpc) is 1.78. The van der Waals surface area contributed by atoms with E-state index in [1.165, 1.54) is 62.4 Å². The second-order valence-electron chi connectivity index (χ2n) is 34.8. The fourth-order valence-electron chi connectivity index (χ4n) is 14.3. The van der Waals surface area contributed by atoms with Crippen molar-refractivity contribution in [1.82, 2.24) is 90.0 Å². The van der Waals surface area contributed by atoms with E-state index < -0.39 is 263 Å². The fourth-order valence-corrected chi connectivity index (χ4v) is 14.7. The molecule has 2 aromatic carbocycles. The second kappa shape index (κ2) is 60.6. The molecule has 52 heteroatoms. The molecule has 1 fully saturated rings.